The summed E-state index contributed by atoms with van der Waals surface area (Å²) in [6.45, 7) is 0.568. The molecular formula is C28H23N3O3. The zero-order valence-electron chi connectivity index (χ0n) is 18.6. The molecule has 1 atom stereocenters. The summed E-state index contributed by atoms with van der Waals surface area (Å²) in [7, 11) is 0. The van der Waals surface area contributed by atoms with Crippen molar-refractivity contribution in [2.24, 2.45) is 5.92 Å². The lowest BCUT2D eigenvalue weighted by Gasteiger charge is -2.42. The van der Waals surface area contributed by atoms with Crippen LogP contribution in [0.15, 0.2) is 96.4 Å². The number of anilines is 2. The van der Waals surface area contributed by atoms with Gasteiger partial charge in [-0.2, -0.15) is 0 Å². The Kier molecular flexibility index (Phi) is 4.80. The fraction of sp³-hybridized carbons (Fsp3) is 0.179. The molecule has 168 valence electrons. The van der Waals surface area contributed by atoms with Crippen LogP contribution in [0.3, 0.4) is 0 Å². The van der Waals surface area contributed by atoms with Crippen molar-refractivity contribution in [3.05, 3.63) is 108 Å². The summed E-state index contributed by atoms with van der Waals surface area (Å²) in [6, 6.07) is 26.2. The molecule has 3 aliphatic rings. The van der Waals surface area contributed by atoms with E-state index in [0.717, 1.165) is 17.7 Å². The first-order chi connectivity index (χ1) is 16.6. The van der Waals surface area contributed by atoms with Crippen molar-refractivity contribution in [3.63, 3.8) is 0 Å². The van der Waals surface area contributed by atoms with Gasteiger partial charge in [0.25, 0.3) is 5.91 Å². The average molecular weight is 450 g/mol. The number of benzene rings is 3. The fourth-order valence-corrected chi connectivity index (χ4v) is 5.19. The molecule has 0 bridgehead atoms. The lowest BCUT2D eigenvalue weighted by Crippen LogP contribution is -2.56. The van der Waals surface area contributed by atoms with Crippen LogP contribution in [0.2, 0.25) is 0 Å². The quantitative estimate of drug-likeness (QED) is 0.559. The summed E-state index contributed by atoms with van der Waals surface area (Å²) < 4.78 is 0. The maximum absolute atomic E-state index is 14.1. The smallest absolute Gasteiger partial charge is 0.260 e. The Morgan fingerprint density at radius 1 is 0.735 bits per heavy atom. The second-order valence-electron chi connectivity index (χ2n) is 8.77. The van der Waals surface area contributed by atoms with Crippen molar-refractivity contribution >= 4 is 29.1 Å². The third kappa shape index (κ3) is 3.06. The standard InChI is InChI=1S/C28H23N3O3/c32-26-21-14-7-8-15-23(21)31-25(24-16-9-17-29(24)26)30(20-12-5-2-6-13-20)27(33)22(28(31)34)18-19-10-3-1-4-11-19/h1-8,10-15,22H,9,16-18H2. The zero-order chi connectivity index (χ0) is 23.2. The molecule has 6 rings (SSSR count). The molecule has 3 aliphatic heterocycles. The van der Waals surface area contributed by atoms with Crippen LogP contribution in [0.5, 0.6) is 0 Å². The number of fused-ring (bicyclic) bond motifs is 4. The number of para-hydroxylation sites is 2. The highest BCUT2D eigenvalue weighted by Gasteiger charge is 2.49. The minimum atomic E-state index is -0.900. The summed E-state index contributed by atoms with van der Waals surface area (Å²) in [5.74, 6) is -1.10. The van der Waals surface area contributed by atoms with Crippen LogP contribution < -0.4 is 9.80 Å². The van der Waals surface area contributed by atoms with E-state index in [1.165, 1.54) is 0 Å². The maximum Gasteiger partial charge on any atom is 0.260 e. The molecule has 3 heterocycles. The second-order valence-corrected chi connectivity index (χ2v) is 8.77. The van der Waals surface area contributed by atoms with E-state index in [4.69, 9.17) is 0 Å². The van der Waals surface area contributed by atoms with Crippen LogP contribution >= 0.6 is 0 Å². The summed E-state index contributed by atoms with van der Waals surface area (Å²) in [4.78, 5) is 46.6. The molecule has 6 heteroatoms. The van der Waals surface area contributed by atoms with Crippen LogP contribution in [0.4, 0.5) is 11.4 Å². The SMILES string of the molecule is O=C1c2ccccc2N2C(=O)C(Cc3ccccc3)C(=O)N(c3ccccc3)C2=C2CCCN12. The van der Waals surface area contributed by atoms with Crippen molar-refractivity contribution in [1.29, 1.82) is 0 Å². The van der Waals surface area contributed by atoms with Crippen molar-refractivity contribution in [2.45, 2.75) is 19.3 Å². The van der Waals surface area contributed by atoms with E-state index in [1.807, 2.05) is 72.8 Å². The normalized spacial score (nSPS) is 19.7. The molecule has 2 fully saturated rings. The Morgan fingerprint density at radius 3 is 2.15 bits per heavy atom. The Bertz CT molecular complexity index is 1330. The Balaban J connectivity index is 1.60. The molecule has 3 aromatic carbocycles. The number of amides is 3. The van der Waals surface area contributed by atoms with Crippen molar-refractivity contribution in [1.82, 2.24) is 4.90 Å². The molecule has 0 N–H and O–H groups in total. The predicted octanol–water partition coefficient (Wildman–Crippen LogP) is 4.34. The molecular weight excluding hydrogens is 426 g/mol. The van der Waals surface area contributed by atoms with Gasteiger partial charge in [0.2, 0.25) is 11.8 Å². The first-order valence-corrected chi connectivity index (χ1v) is 11.6. The highest BCUT2D eigenvalue weighted by molar-refractivity contribution is 6.22. The number of nitrogens with zero attached hydrogens (tertiary/aromatic N) is 3. The lowest BCUT2D eigenvalue weighted by atomic mass is 9.93. The number of carbonyl (C=O) groups is 3. The van der Waals surface area contributed by atoms with Gasteiger partial charge in [0, 0.05) is 6.54 Å². The van der Waals surface area contributed by atoms with E-state index in [2.05, 4.69) is 0 Å². The van der Waals surface area contributed by atoms with Crippen LogP contribution in [0.25, 0.3) is 0 Å². The molecule has 34 heavy (non-hydrogen) atoms. The second kappa shape index (κ2) is 7.99. The van der Waals surface area contributed by atoms with E-state index >= 15 is 0 Å². The fourth-order valence-electron chi connectivity index (χ4n) is 5.19. The topological polar surface area (TPSA) is 60.9 Å². The van der Waals surface area contributed by atoms with E-state index in [1.54, 1.807) is 26.8 Å². The zero-order valence-corrected chi connectivity index (χ0v) is 18.6. The number of hydrogen-bond acceptors (Lipinski definition) is 3. The van der Waals surface area contributed by atoms with Crippen molar-refractivity contribution in [3.8, 4) is 0 Å². The Morgan fingerprint density at radius 2 is 1.38 bits per heavy atom. The summed E-state index contributed by atoms with van der Waals surface area (Å²) in [6.07, 6.45) is 1.71. The summed E-state index contributed by atoms with van der Waals surface area (Å²) >= 11 is 0. The first kappa shape index (κ1) is 20.4. The van der Waals surface area contributed by atoms with E-state index in [9.17, 15) is 14.4 Å². The lowest BCUT2D eigenvalue weighted by molar-refractivity contribution is -0.133. The van der Waals surface area contributed by atoms with Gasteiger partial charge in [0.05, 0.1) is 22.6 Å². The number of carbonyl (C=O) groups excluding carboxylic acids is 3. The monoisotopic (exact) mass is 449 g/mol. The van der Waals surface area contributed by atoms with E-state index in [0.29, 0.717) is 42.1 Å². The van der Waals surface area contributed by atoms with E-state index in [-0.39, 0.29) is 17.7 Å². The van der Waals surface area contributed by atoms with Gasteiger partial charge in [-0.25, -0.2) is 0 Å². The van der Waals surface area contributed by atoms with Gasteiger partial charge in [-0.15, -0.1) is 0 Å². The van der Waals surface area contributed by atoms with Crippen molar-refractivity contribution < 1.29 is 14.4 Å². The molecule has 2 saturated heterocycles. The van der Waals surface area contributed by atoms with Crippen LogP contribution in [0.1, 0.15) is 28.8 Å². The van der Waals surface area contributed by atoms with Gasteiger partial charge in [-0.05, 0) is 49.1 Å². The Labute approximate surface area is 197 Å². The first-order valence-electron chi connectivity index (χ1n) is 11.6. The average Bonchev–Trinajstić information content (AvgIpc) is 3.33. The Hall–Kier alpha value is -4.19. The molecule has 0 spiro atoms. The molecule has 0 aromatic heterocycles. The molecule has 3 aromatic rings. The van der Waals surface area contributed by atoms with Gasteiger partial charge in [-0.1, -0.05) is 60.7 Å². The number of rotatable bonds is 3. The van der Waals surface area contributed by atoms with Gasteiger partial charge in [0.1, 0.15) is 11.7 Å². The molecule has 6 nitrogen and oxygen atoms in total. The van der Waals surface area contributed by atoms with Crippen LogP contribution in [0, 0.1) is 5.92 Å². The summed E-state index contributed by atoms with van der Waals surface area (Å²) in [5.41, 5.74) is 3.33. The van der Waals surface area contributed by atoms with Gasteiger partial charge in [0.15, 0.2) is 0 Å². The molecule has 0 radical (unpaired) electrons. The maximum atomic E-state index is 14.1. The summed E-state index contributed by atoms with van der Waals surface area (Å²) in [5, 5.41) is 0. The number of allylic oxidation sites excluding steroid dienone is 1. The third-order valence-electron chi connectivity index (χ3n) is 6.76. The molecule has 1 unspecified atom stereocenters. The molecule has 0 aliphatic carbocycles. The van der Waals surface area contributed by atoms with Crippen LogP contribution in [-0.2, 0) is 16.0 Å². The van der Waals surface area contributed by atoms with Gasteiger partial charge in [-0.3, -0.25) is 24.2 Å². The van der Waals surface area contributed by atoms with Crippen LogP contribution in [-0.4, -0.2) is 29.2 Å². The number of hydrogen-bond donors (Lipinski definition) is 0. The minimum Gasteiger partial charge on any atom is -0.308 e. The van der Waals surface area contributed by atoms with Crippen molar-refractivity contribution in [2.75, 3.05) is 16.3 Å². The highest BCUT2D eigenvalue weighted by atomic mass is 16.2. The largest absolute Gasteiger partial charge is 0.308 e. The molecule has 0 saturated carbocycles. The predicted molar refractivity (Wildman–Crippen MR) is 129 cm³/mol. The highest BCUT2D eigenvalue weighted by Crippen LogP contribution is 2.43. The minimum absolute atomic E-state index is 0.127. The molecule has 3 amide bonds. The van der Waals surface area contributed by atoms with Gasteiger partial charge < -0.3 is 4.90 Å². The third-order valence-corrected chi connectivity index (χ3v) is 6.76. The van der Waals surface area contributed by atoms with E-state index < -0.39 is 5.92 Å². The van der Waals surface area contributed by atoms with Gasteiger partial charge >= 0.3 is 0 Å².